The van der Waals surface area contributed by atoms with Crippen LogP contribution < -0.4 is 5.32 Å². The molecule has 1 unspecified atom stereocenters. The quantitative estimate of drug-likeness (QED) is 0.786. The third-order valence-corrected chi connectivity index (χ3v) is 3.94. The van der Waals surface area contributed by atoms with E-state index in [0.29, 0.717) is 6.04 Å². The van der Waals surface area contributed by atoms with Gasteiger partial charge in [0.05, 0.1) is 6.26 Å². The molecule has 0 aliphatic heterocycles. The van der Waals surface area contributed by atoms with Crippen LogP contribution in [0.3, 0.4) is 0 Å². The minimum atomic E-state index is 0.601. The Balaban J connectivity index is 1.94. The highest BCUT2D eigenvalue weighted by Crippen LogP contribution is 2.27. The summed E-state index contributed by atoms with van der Waals surface area (Å²) in [5, 5.41) is 3.66. The molecule has 2 nitrogen and oxygen atoms in total. The minimum absolute atomic E-state index is 0.601. The van der Waals surface area contributed by atoms with Crippen LogP contribution in [0.2, 0.25) is 0 Å². The molecule has 1 heterocycles. The highest BCUT2D eigenvalue weighted by Gasteiger charge is 2.22. The lowest BCUT2D eigenvalue weighted by Crippen LogP contribution is -2.37. The first-order valence-corrected chi connectivity index (χ1v) is 7.16. The molecule has 1 fully saturated rings. The predicted octanol–water partition coefficient (Wildman–Crippen LogP) is 3.77. The van der Waals surface area contributed by atoms with Crippen LogP contribution in [0.25, 0.3) is 0 Å². The molecule has 1 aliphatic rings. The Kier molecular flexibility index (Phi) is 5.11. The Bertz CT molecular complexity index is 286. The summed E-state index contributed by atoms with van der Waals surface area (Å²) < 4.78 is 5.49. The number of hydrogen-bond acceptors (Lipinski definition) is 2. The normalized spacial score (nSPS) is 20.1. The molecule has 1 aromatic rings. The molecule has 0 spiro atoms. The third kappa shape index (κ3) is 3.88. The van der Waals surface area contributed by atoms with Gasteiger partial charge in [0, 0.05) is 12.5 Å². The monoisotopic (exact) mass is 235 g/mol. The van der Waals surface area contributed by atoms with Crippen molar-refractivity contribution in [1.29, 1.82) is 0 Å². The zero-order valence-electron chi connectivity index (χ0n) is 11.0. The van der Waals surface area contributed by atoms with Crippen molar-refractivity contribution < 1.29 is 4.42 Å². The minimum Gasteiger partial charge on any atom is -0.469 e. The third-order valence-electron chi connectivity index (χ3n) is 3.94. The first kappa shape index (κ1) is 12.7. The van der Waals surface area contributed by atoms with Crippen molar-refractivity contribution in [3.05, 3.63) is 24.2 Å². The van der Waals surface area contributed by atoms with Crippen molar-refractivity contribution in [2.45, 2.75) is 57.9 Å². The lowest BCUT2D eigenvalue weighted by atomic mass is 9.89. The average molecular weight is 235 g/mol. The van der Waals surface area contributed by atoms with Gasteiger partial charge in [-0.1, -0.05) is 32.6 Å². The lowest BCUT2D eigenvalue weighted by molar-refractivity contribution is 0.306. The lowest BCUT2D eigenvalue weighted by Gasteiger charge is -2.26. The fourth-order valence-electron chi connectivity index (χ4n) is 3.03. The molecule has 1 aromatic heterocycles. The van der Waals surface area contributed by atoms with Crippen molar-refractivity contribution in [3.63, 3.8) is 0 Å². The molecular formula is C15H25NO. The van der Waals surface area contributed by atoms with Crippen LogP contribution >= 0.6 is 0 Å². The van der Waals surface area contributed by atoms with E-state index < -0.39 is 0 Å². The smallest absolute Gasteiger partial charge is 0.105 e. The van der Waals surface area contributed by atoms with Crippen molar-refractivity contribution in [2.75, 3.05) is 6.54 Å². The topological polar surface area (TPSA) is 25.2 Å². The van der Waals surface area contributed by atoms with Crippen molar-refractivity contribution in [1.82, 2.24) is 5.32 Å². The maximum atomic E-state index is 5.49. The number of hydrogen-bond donors (Lipinski definition) is 1. The summed E-state index contributed by atoms with van der Waals surface area (Å²) in [6, 6.07) is 4.69. The van der Waals surface area contributed by atoms with Crippen molar-refractivity contribution in [3.8, 4) is 0 Å². The van der Waals surface area contributed by atoms with E-state index in [1.54, 1.807) is 6.26 Å². The zero-order chi connectivity index (χ0) is 11.9. The van der Waals surface area contributed by atoms with Gasteiger partial charge in [0.15, 0.2) is 0 Å². The second kappa shape index (κ2) is 6.85. The van der Waals surface area contributed by atoms with Crippen LogP contribution in [0.1, 0.15) is 51.2 Å². The molecule has 2 heteroatoms. The fraction of sp³-hybridized carbons (Fsp3) is 0.733. The van der Waals surface area contributed by atoms with Gasteiger partial charge >= 0.3 is 0 Å². The van der Waals surface area contributed by atoms with E-state index in [-0.39, 0.29) is 0 Å². The molecule has 1 aliphatic carbocycles. The molecule has 0 amide bonds. The highest BCUT2D eigenvalue weighted by molar-refractivity contribution is 5.01. The first-order chi connectivity index (χ1) is 8.40. The average Bonchev–Trinajstić information content (AvgIpc) is 2.69. The van der Waals surface area contributed by atoms with Gasteiger partial charge in [-0.25, -0.2) is 0 Å². The molecule has 1 N–H and O–H groups in total. The Morgan fingerprint density at radius 2 is 2.06 bits per heavy atom. The number of rotatable bonds is 5. The van der Waals surface area contributed by atoms with Gasteiger partial charge in [0.1, 0.15) is 5.76 Å². The first-order valence-electron chi connectivity index (χ1n) is 7.16. The van der Waals surface area contributed by atoms with Gasteiger partial charge in [0.25, 0.3) is 0 Å². The van der Waals surface area contributed by atoms with Crippen LogP contribution in [-0.4, -0.2) is 12.6 Å². The summed E-state index contributed by atoms with van der Waals surface area (Å²) in [5.74, 6) is 1.96. The number of furan rings is 1. The standard InChI is InChI=1S/C15H25NO/c1-2-16-15(12-14-10-7-11-17-14)13-8-5-3-4-6-9-13/h7,10-11,13,15-16H,2-6,8-9,12H2,1H3. The van der Waals surface area contributed by atoms with E-state index >= 15 is 0 Å². The van der Waals surface area contributed by atoms with E-state index in [0.717, 1.165) is 24.6 Å². The maximum absolute atomic E-state index is 5.49. The van der Waals surface area contributed by atoms with Crippen LogP contribution in [-0.2, 0) is 6.42 Å². The van der Waals surface area contributed by atoms with Crippen LogP contribution in [0.4, 0.5) is 0 Å². The van der Waals surface area contributed by atoms with E-state index in [1.165, 1.54) is 38.5 Å². The largest absolute Gasteiger partial charge is 0.469 e. The molecule has 96 valence electrons. The Morgan fingerprint density at radius 1 is 1.29 bits per heavy atom. The molecule has 0 bridgehead atoms. The Hall–Kier alpha value is -0.760. The van der Waals surface area contributed by atoms with Gasteiger partial charge in [-0.05, 0) is 37.4 Å². The van der Waals surface area contributed by atoms with E-state index in [2.05, 4.69) is 18.3 Å². The number of likely N-dealkylation sites (N-methyl/N-ethyl adjacent to an activating group) is 1. The molecule has 1 saturated carbocycles. The molecule has 0 radical (unpaired) electrons. The van der Waals surface area contributed by atoms with Gasteiger partial charge in [-0.3, -0.25) is 0 Å². The second-order valence-corrected chi connectivity index (χ2v) is 5.20. The summed E-state index contributed by atoms with van der Waals surface area (Å²) >= 11 is 0. The summed E-state index contributed by atoms with van der Waals surface area (Å²) in [6.07, 6.45) is 11.3. The van der Waals surface area contributed by atoms with Gasteiger partial charge in [-0.15, -0.1) is 0 Å². The number of nitrogens with one attached hydrogen (secondary N) is 1. The SMILES string of the molecule is CCNC(Cc1ccco1)C1CCCCCC1. The molecular weight excluding hydrogens is 210 g/mol. The van der Waals surface area contributed by atoms with E-state index in [1.807, 2.05) is 6.07 Å². The van der Waals surface area contributed by atoms with Gasteiger partial charge in [-0.2, -0.15) is 0 Å². The molecule has 2 rings (SSSR count). The van der Waals surface area contributed by atoms with Crippen LogP contribution in [0.15, 0.2) is 22.8 Å². The van der Waals surface area contributed by atoms with Crippen LogP contribution in [0.5, 0.6) is 0 Å². The van der Waals surface area contributed by atoms with Crippen LogP contribution in [0, 0.1) is 5.92 Å². The molecule has 0 saturated heterocycles. The summed E-state index contributed by atoms with van der Waals surface area (Å²) in [4.78, 5) is 0. The molecule has 0 aromatic carbocycles. The molecule has 1 atom stereocenters. The maximum Gasteiger partial charge on any atom is 0.105 e. The summed E-state index contributed by atoms with van der Waals surface area (Å²) in [6.45, 7) is 3.26. The summed E-state index contributed by atoms with van der Waals surface area (Å²) in [5.41, 5.74) is 0. The second-order valence-electron chi connectivity index (χ2n) is 5.20. The van der Waals surface area contributed by atoms with Gasteiger partial charge in [0.2, 0.25) is 0 Å². The van der Waals surface area contributed by atoms with Crippen molar-refractivity contribution in [2.24, 2.45) is 5.92 Å². The zero-order valence-corrected chi connectivity index (χ0v) is 11.0. The van der Waals surface area contributed by atoms with Gasteiger partial charge < -0.3 is 9.73 Å². The summed E-state index contributed by atoms with van der Waals surface area (Å²) in [7, 11) is 0. The van der Waals surface area contributed by atoms with E-state index in [4.69, 9.17) is 4.42 Å². The molecule has 17 heavy (non-hydrogen) atoms. The highest BCUT2D eigenvalue weighted by atomic mass is 16.3. The van der Waals surface area contributed by atoms with E-state index in [9.17, 15) is 0 Å². The Labute approximate surface area is 105 Å². The fourth-order valence-corrected chi connectivity index (χ4v) is 3.03. The van der Waals surface area contributed by atoms with Crippen molar-refractivity contribution >= 4 is 0 Å². The predicted molar refractivity (Wildman–Crippen MR) is 71.1 cm³/mol. The Morgan fingerprint density at radius 3 is 2.65 bits per heavy atom.